The highest BCUT2D eigenvalue weighted by Crippen LogP contribution is 2.60. The van der Waals surface area contributed by atoms with Crippen LogP contribution < -0.4 is 16.6 Å². The van der Waals surface area contributed by atoms with Crippen LogP contribution in [0, 0.1) is 17.8 Å². The highest BCUT2D eigenvalue weighted by Gasteiger charge is 2.51. The van der Waals surface area contributed by atoms with E-state index in [0.29, 0.717) is 5.41 Å². The normalized spacial score (nSPS) is 29.2. The molecule has 30 heavy (non-hydrogen) atoms. The molecule has 6 nitrogen and oxygen atoms in total. The van der Waals surface area contributed by atoms with Crippen molar-refractivity contribution >= 4 is 27.5 Å². The summed E-state index contributed by atoms with van der Waals surface area (Å²) < 4.78 is 1.59. The predicted octanol–water partition coefficient (Wildman–Crippen LogP) is 3.80. The van der Waals surface area contributed by atoms with Crippen molar-refractivity contribution < 1.29 is 4.79 Å². The van der Waals surface area contributed by atoms with E-state index < -0.39 is 11.2 Å². The lowest BCUT2D eigenvalue weighted by Crippen LogP contribution is -2.48. The molecule has 4 saturated carbocycles. The molecule has 4 fully saturated rings. The van der Waals surface area contributed by atoms with E-state index in [-0.39, 0.29) is 23.3 Å². The first kappa shape index (κ1) is 19.8. The van der Waals surface area contributed by atoms with Crippen molar-refractivity contribution in [2.45, 2.75) is 56.9 Å². The van der Waals surface area contributed by atoms with Gasteiger partial charge in [0.05, 0.1) is 4.47 Å². The van der Waals surface area contributed by atoms with E-state index in [1.165, 1.54) is 54.9 Å². The zero-order chi connectivity index (χ0) is 20.9. The average molecular weight is 472 g/mol. The van der Waals surface area contributed by atoms with Crippen LogP contribution in [0.15, 0.2) is 44.5 Å². The summed E-state index contributed by atoms with van der Waals surface area (Å²) in [7, 11) is 0. The van der Waals surface area contributed by atoms with E-state index in [1.807, 2.05) is 12.1 Å². The summed E-state index contributed by atoms with van der Waals surface area (Å²) in [5, 5.41) is 2.92. The van der Waals surface area contributed by atoms with Gasteiger partial charge in [0.1, 0.15) is 0 Å². The van der Waals surface area contributed by atoms with Crippen molar-refractivity contribution in [1.29, 1.82) is 0 Å². The zero-order valence-electron chi connectivity index (χ0n) is 16.8. The van der Waals surface area contributed by atoms with Crippen molar-refractivity contribution in [1.82, 2.24) is 9.55 Å². The van der Waals surface area contributed by atoms with Gasteiger partial charge in [-0.15, -0.1) is 0 Å². The number of halogens is 1. The molecule has 1 aromatic carbocycles. The van der Waals surface area contributed by atoms with Crippen molar-refractivity contribution in [3.05, 3.63) is 61.3 Å². The average Bonchev–Trinajstić information content (AvgIpc) is 2.69. The van der Waals surface area contributed by atoms with Gasteiger partial charge in [0.25, 0.3) is 5.56 Å². The van der Waals surface area contributed by atoms with Crippen molar-refractivity contribution in [2.75, 3.05) is 5.32 Å². The van der Waals surface area contributed by atoms with E-state index >= 15 is 0 Å². The van der Waals surface area contributed by atoms with Gasteiger partial charge in [-0.25, -0.2) is 4.79 Å². The summed E-state index contributed by atoms with van der Waals surface area (Å²) in [5.74, 6) is 2.57. The van der Waals surface area contributed by atoms with Crippen LogP contribution in [-0.4, -0.2) is 15.5 Å². The molecule has 0 saturated heterocycles. The quantitative estimate of drug-likeness (QED) is 0.695. The van der Waals surface area contributed by atoms with Gasteiger partial charge in [-0.05, 0) is 95.3 Å². The minimum absolute atomic E-state index is 0.148. The number of anilines is 1. The summed E-state index contributed by atoms with van der Waals surface area (Å²) in [5.41, 5.74) is 1.58. The monoisotopic (exact) mass is 471 g/mol. The van der Waals surface area contributed by atoms with Crippen molar-refractivity contribution in [3.63, 3.8) is 0 Å². The van der Waals surface area contributed by atoms with E-state index in [0.717, 1.165) is 23.4 Å². The maximum atomic E-state index is 12.3. The fourth-order valence-corrected chi connectivity index (χ4v) is 6.81. The van der Waals surface area contributed by atoms with Crippen LogP contribution in [0.3, 0.4) is 0 Å². The Labute approximate surface area is 183 Å². The SMILES string of the molecule is O=C(CCn1cc(Br)c(=O)[nH]c1=O)Nc1ccc(C23CC4CC(CC(C4)C2)C3)cc1. The lowest BCUT2D eigenvalue weighted by atomic mass is 9.48. The number of nitrogens with zero attached hydrogens (tertiary/aromatic N) is 1. The second-order valence-corrected chi connectivity index (χ2v) is 10.4. The second-order valence-electron chi connectivity index (χ2n) is 9.50. The summed E-state index contributed by atoms with van der Waals surface area (Å²) in [4.78, 5) is 37.8. The number of hydrogen-bond donors (Lipinski definition) is 2. The molecule has 4 bridgehead atoms. The molecule has 1 aromatic heterocycles. The Bertz CT molecular complexity index is 1050. The number of aromatic amines is 1. The highest BCUT2D eigenvalue weighted by molar-refractivity contribution is 9.10. The minimum atomic E-state index is -0.518. The predicted molar refractivity (Wildman–Crippen MR) is 119 cm³/mol. The fraction of sp³-hybridized carbons (Fsp3) is 0.522. The number of amides is 1. The summed E-state index contributed by atoms with van der Waals surface area (Å²) in [6.07, 6.45) is 9.84. The maximum Gasteiger partial charge on any atom is 0.328 e. The number of rotatable bonds is 5. The standard InChI is InChI=1S/C23H26BrN3O3/c24-19-13-27(22(30)26-21(19)29)6-5-20(28)25-18-3-1-17(2-4-18)23-10-14-7-15(11-23)9-16(8-14)12-23/h1-4,13-16H,5-12H2,(H,25,28)(H,26,29,30). The summed E-state index contributed by atoms with van der Waals surface area (Å²) >= 11 is 3.10. The fourth-order valence-electron chi connectivity index (χ4n) is 6.47. The zero-order valence-corrected chi connectivity index (χ0v) is 18.4. The number of aryl methyl sites for hydroxylation is 1. The van der Waals surface area contributed by atoms with Crippen LogP contribution in [-0.2, 0) is 16.8 Å². The van der Waals surface area contributed by atoms with Crippen LogP contribution in [0.2, 0.25) is 0 Å². The van der Waals surface area contributed by atoms with Gasteiger partial charge in [0, 0.05) is 24.8 Å². The van der Waals surface area contributed by atoms with Crippen molar-refractivity contribution in [2.24, 2.45) is 17.8 Å². The first-order valence-corrected chi connectivity index (χ1v) is 11.6. The first-order valence-electron chi connectivity index (χ1n) is 10.8. The van der Waals surface area contributed by atoms with E-state index in [2.05, 4.69) is 38.4 Å². The lowest BCUT2D eigenvalue weighted by Gasteiger charge is -2.57. The number of carbonyl (C=O) groups excluding carboxylic acids is 1. The van der Waals surface area contributed by atoms with E-state index in [1.54, 1.807) is 0 Å². The van der Waals surface area contributed by atoms with Gasteiger partial charge in [-0.1, -0.05) is 12.1 Å². The molecular weight excluding hydrogens is 446 g/mol. The Hall–Kier alpha value is -2.15. The molecule has 1 heterocycles. The molecular formula is C23H26BrN3O3. The Morgan fingerprint density at radius 1 is 1.07 bits per heavy atom. The van der Waals surface area contributed by atoms with Gasteiger partial charge in [0.2, 0.25) is 5.91 Å². The molecule has 0 atom stereocenters. The first-order chi connectivity index (χ1) is 14.4. The third-order valence-electron chi connectivity index (χ3n) is 7.37. The van der Waals surface area contributed by atoms with Crippen LogP contribution in [0.5, 0.6) is 0 Å². The maximum absolute atomic E-state index is 12.3. The van der Waals surface area contributed by atoms with Crippen LogP contribution in [0.1, 0.15) is 50.5 Å². The molecule has 0 unspecified atom stereocenters. The summed E-state index contributed by atoms with van der Waals surface area (Å²) in [6.45, 7) is 0.200. The third-order valence-corrected chi connectivity index (χ3v) is 7.93. The van der Waals surface area contributed by atoms with Crippen LogP contribution in [0.25, 0.3) is 0 Å². The Balaban J connectivity index is 1.22. The van der Waals surface area contributed by atoms with Gasteiger partial charge >= 0.3 is 5.69 Å². The Morgan fingerprint density at radius 3 is 2.27 bits per heavy atom. The highest BCUT2D eigenvalue weighted by atomic mass is 79.9. The Kier molecular flexibility index (Phi) is 4.96. The second kappa shape index (κ2) is 7.52. The van der Waals surface area contributed by atoms with Gasteiger partial charge < -0.3 is 5.32 Å². The van der Waals surface area contributed by atoms with Crippen LogP contribution in [0.4, 0.5) is 5.69 Å². The van der Waals surface area contributed by atoms with Crippen LogP contribution >= 0.6 is 15.9 Å². The molecule has 0 spiro atoms. The molecule has 2 N–H and O–H groups in total. The molecule has 6 rings (SSSR count). The number of benzene rings is 1. The van der Waals surface area contributed by atoms with Gasteiger partial charge in [0.15, 0.2) is 0 Å². The smallest absolute Gasteiger partial charge is 0.326 e. The van der Waals surface area contributed by atoms with Gasteiger partial charge in [-0.3, -0.25) is 19.1 Å². The number of nitrogens with one attached hydrogen (secondary N) is 2. The number of hydrogen-bond acceptors (Lipinski definition) is 3. The lowest BCUT2D eigenvalue weighted by molar-refractivity contribution is -0.116. The number of aromatic nitrogens is 2. The molecule has 1 amide bonds. The molecule has 0 aliphatic heterocycles. The molecule has 158 valence electrons. The van der Waals surface area contributed by atoms with E-state index in [9.17, 15) is 14.4 Å². The summed E-state index contributed by atoms with van der Waals surface area (Å²) in [6, 6.07) is 8.42. The third kappa shape index (κ3) is 3.68. The molecule has 7 heteroatoms. The molecule has 4 aliphatic rings. The molecule has 4 aliphatic carbocycles. The minimum Gasteiger partial charge on any atom is -0.326 e. The van der Waals surface area contributed by atoms with E-state index in [4.69, 9.17) is 0 Å². The Morgan fingerprint density at radius 2 is 1.67 bits per heavy atom. The molecule has 2 aromatic rings. The molecule has 0 radical (unpaired) electrons. The number of carbonyl (C=O) groups is 1. The van der Waals surface area contributed by atoms with Crippen molar-refractivity contribution in [3.8, 4) is 0 Å². The largest absolute Gasteiger partial charge is 0.328 e. The number of H-pyrrole nitrogens is 1. The van der Waals surface area contributed by atoms with Gasteiger partial charge in [-0.2, -0.15) is 0 Å². The topological polar surface area (TPSA) is 84.0 Å².